The lowest BCUT2D eigenvalue weighted by Crippen LogP contribution is -2.32. The summed E-state index contributed by atoms with van der Waals surface area (Å²) in [5.74, 6) is 2.41. The summed E-state index contributed by atoms with van der Waals surface area (Å²) in [5.41, 5.74) is 0. The van der Waals surface area contributed by atoms with Crippen LogP contribution in [-0.2, 0) is 16.6 Å². The summed E-state index contributed by atoms with van der Waals surface area (Å²) < 4.78 is 26.3. The summed E-state index contributed by atoms with van der Waals surface area (Å²) in [5, 5.41) is 4.96. The van der Waals surface area contributed by atoms with Crippen LogP contribution in [0.15, 0.2) is 16.3 Å². The van der Waals surface area contributed by atoms with Gasteiger partial charge in [0.2, 0.25) is 10.0 Å². The van der Waals surface area contributed by atoms with Crippen molar-refractivity contribution in [1.29, 1.82) is 0 Å². The Labute approximate surface area is 126 Å². The highest BCUT2D eigenvalue weighted by Gasteiger charge is 2.24. The van der Waals surface area contributed by atoms with Crippen LogP contribution in [-0.4, -0.2) is 31.9 Å². The van der Waals surface area contributed by atoms with E-state index in [4.69, 9.17) is 6.42 Å². The van der Waals surface area contributed by atoms with Gasteiger partial charge in [0.15, 0.2) is 0 Å². The van der Waals surface area contributed by atoms with Crippen LogP contribution in [0.25, 0.3) is 0 Å². The zero-order valence-electron chi connectivity index (χ0n) is 12.2. The average molecular weight is 314 g/mol. The highest BCUT2D eigenvalue weighted by atomic mass is 32.2. The molecule has 0 aliphatic carbocycles. The Balaban J connectivity index is 2.89. The average Bonchev–Trinajstić information content (AvgIpc) is 2.85. The molecule has 0 saturated heterocycles. The minimum atomic E-state index is -3.47. The van der Waals surface area contributed by atoms with E-state index < -0.39 is 10.0 Å². The number of hydrogen-bond donors (Lipinski definition) is 1. The third-order valence-corrected chi connectivity index (χ3v) is 5.60. The van der Waals surface area contributed by atoms with Crippen LogP contribution in [0.5, 0.6) is 0 Å². The topological polar surface area (TPSA) is 49.4 Å². The Hall–Kier alpha value is -0.870. The smallest absolute Gasteiger partial charge is 0.244 e. The maximum atomic E-state index is 12.5. The van der Waals surface area contributed by atoms with Crippen molar-refractivity contribution in [3.8, 4) is 12.3 Å². The van der Waals surface area contributed by atoms with Gasteiger partial charge in [-0.1, -0.05) is 26.7 Å². The summed E-state index contributed by atoms with van der Waals surface area (Å²) in [6.45, 7) is 7.29. The molecule has 1 heterocycles. The van der Waals surface area contributed by atoms with Gasteiger partial charge in [0.05, 0.1) is 11.4 Å². The van der Waals surface area contributed by atoms with E-state index in [0.717, 1.165) is 11.3 Å². The van der Waals surface area contributed by atoms with Crippen LogP contribution >= 0.6 is 11.3 Å². The number of thiophene rings is 1. The second-order valence-corrected chi connectivity index (χ2v) is 7.76. The Bertz CT molecular complexity index is 556. The van der Waals surface area contributed by atoms with E-state index in [1.54, 1.807) is 11.4 Å². The van der Waals surface area contributed by atoms with Gasteiger partial charge in [0.1, 0.15) is 0 Å². The molecule has 1 aromatic rings. The minimum absolute atomic E-state index is 0.117. The van der Waals surface area contributed by atoms with E-state index in [-0.39, 0.29) is 6.54 Å². The van der Waals surface area contributed by atoms with Gasteiger partial charge in [-0.15, -0.1) is 17.8 Å². The SMILES string of the molecule is C#CCN(CCC)S(=O)(=O)c1csc(CNC(C)C)c1. The molecule has 0 radical (unpaired) electrons. The second kappa shape index (κ2) is 7.79. The molecule has 1 rings (SSSR count). The van der Waals surface area contributed by atoms with Gasteiger partial charge in [-0.05, 0) is 12.5 Å². The van der Waals surface area contributed by atoms with Gasteiger partial charge in [-0.25, -0.2) is 8.42 Å². The van der Waals surface area contributed by atoms with Crippen molar-refractivity contribution in [3.05, 3.63) is 16.3 Å². The molecular weight excluding hydrogens is 292 g/mol. The number of terminal acetylenes is 1. The van der Waals surface area contributed by atoms with Crippen LogP contribution in [0.2, 0.25) is 0 Å². The lowest BCUT2D eigenvalue weighted by molar-refractivity contribution is 0.446. The van der Waals surface area contributed by atoms with Crippen molar-refractivity contribution in [2.45, 2.75) is 44.7 Å². The van der Waals surface area contributed by atoms with Crippen LogP contribution in [0.1, 0.15) is 32.1 Å². The van der Waals surface area contributed by atoms with Gasteiger partial charge in [-0.3, -0.25) is 0 Å². The molecule has 0 saturated carbocycles. The number of nitrogens with one attached hydrogen (secondary N) is 1. The summed E-state index contributed by atoms with van der Waals surface area (Å²) in [7, 11) is -3.47. The van der Waals surface area contributed by atoms with Crippen LogP contribution in [0.3, 0.4) is 0 Å². The Morgan fingerprint density at radius 2 is 2.20 bits per heavy atom. The summed E-state index contributed by atoms with van der Waals surface area (Å²) in [4.78, 5) is 1.35. The standard InChI is InChI=1S/C14H22N2O2S2/c1-5-7-16(8-6-2)20(17,18)14-9-13(19-11-14)10-15-12(3)4/h1,9,11-12,15H,6-8,10H2,2-4H3. The van der Waals surface area contributed by atoms with E-state index in [9.17, 15) is 8.42 Å². The summed E-state index contributed by atoms with van der Waals surface area (Å²) >= 11 is 1.45. The molecule has 1 aromatic heterocycles. The first-order chi connectivity index (χ1) is 9.41. The van der Waals surface area contributed by atoms with Crippen molar-refractivity contribution in [3.63, 3.8) is 0 Å². The molecule has 0 aliphatic rings. The normalized spacial score (nSPS) is 12.0. The molecule has 0 amide bonds. The largest absolute Gasteiger partial charge is 0.310 e. The van der Waals surface area contributed by atoms with E-state index in [0.29, 0.717) is 24.0 Å². The van der Waals surface area contributed by atoms with Crippen LogP contribution in [0.4, 0.5) is 0 Å². The third kappa shape index (κ3) is 4.60. The lowest BCUT2D eigenvalue weighted by Gasteiger charge is -2.18. The monoisotopic (exact) mass is 314 g/mol. The van der Waals surface area contributed by atoms with E-state index in [1.165, 1.54) is 15.6 Å². The first-order valence-electron chi connectivity index (χ1n) is 6.66. The Morgan fingerprint density at radius 3 is 2.75 bits per heavy atom. The summed E-state index contributed by atoms with van der Waals surface area (Å²) in [6.07, 6.45) is 6.00. The molecule has 0 aromatic carbocycles. The van der Waals surface area contributed by atoms with Gasteiger partial charge in [0, 0.05) is 29.4 Å². The van der Waals surface area contributed by atoms with Crippen molar-refractivity contribution in [2.75, 3.05) is 13.1 Å². The van der Waals surface area contributed by atoms with E-state index in [2.05, 4.69) is 25.1 Å². The summed E-state index contributed by atoms with van der Waals surface area (Å²) in [6, 6.07) is 2.10. The fourth-order valence-electron chi connectivity index (χ4n) is 1.68. The fourth-order valence-corrected chi connectivity index (χ4v) is 4.34. The first-order valence-corrected chi connectivity index (χ1v) is 8.98. The molecule has 0 atom stereocenters. The van der Waals surface area contributed by atoms with Crippen LogP contribution in [0, 0.1) is 12.3 Å². The van der Waals surface area contributed by atoms with Crippen molar-refractivity contribution in [2.24, 2.45) is 0 Å². The number of hydrogen-bond acceptors (Lipinski definition) is 4. The molecule has 0 spiro atoms. The molecule has 20 heavy (non-hydrogen) atoms. The van der Waals surface area contributed by atoms with Crippen LogP contribution < -0.4 is 5.32 Å². The molecule has 4 nitrogen and oxygen atoms in total. The fraction of sp³-hybridized carbons (Fsp3) is 0.571. The quantitative estimate of drug-likeness (QED) is 0.749. The minimum Gasteiger partial charge on any atom is -0.310 e. The third-order valence-electron chi connectivity index (χ3n) is 2.69. The molecule has 0 fully saturated rings. The highest BCUT2D eigenvalue weighted by Crippen LogP contribution is 2.22. The molecular formula is C14H22N2O2S2. The molecule has 0 aliphatic heterocycles. The highest BCUT2D eigenvalue weighted by molar-refractivity contribution is 7.89. The van der Waals surface area contributed by atoms with Gasteiger partial charge in [-0.2, -0.15) is 4.31 Å². The predicted octanol–water partition coefficient (Wildman–Crippen LogP) is 2.28. The van der Waals surface area contributed by atoms with E-state index >= 15 is 0 Å². The molecule has 112 valence electrons. The predicted molar refractivity (Wildman–Crippen MR) is 84.2 cm³/mol. The van der Waals surface area contributed by atoms with Crippen molar-refractivity contribution in [1.82, 2.24) is 9.62 Å². The van der Waals surface area contributed by atoms with E-state index in [1.807, 2.05) is 6.92 Å². The molecule has 1 N–H and O–H groups in total. The first kappa shape index (κ1) is 17.2. The van der Waals surface area contributed by atoms with Gasteiger partial charge < -0.3 is 5.32 Å². The van der Waals surface area contributed by atoms with Gasteiger partial charge in [0.25, 0.3) is 0 Å². The van der Waals surface area contributed by atoms with Gasteiger partial charge >= 0.3 is 0 Å². The maximum Gasteiger partial charge on any atom is 0.244 e. The Morgan fingerprint density at radius 1 is 1.50 bits per heavy atom. The zero-order chi connectivity index (χ0) is 15.2. The second-order valence-electron chi connectivity index (χ2n) is 4.83. The number of rotatable bonds is 8. The number of sulfonamides is 1. The number of nitrogens with zero attached hydrogens (tertiary/aromatic N) is 1. The molecule has 0 bridgehead atoms. The maximum absolute atomic E-state index is 12.5. The van der Waals surface area contributed by atoms with Crippen molar-refractivity contribution >= 4 is 21.4 Å². The molecule has 0 unspecified atom stereocenters. The van der Waals surface area contributed by atoms with Crippen molar-refractivity contribution < 1.29 is 8.42 Å². The molecule has 6 heteroatoms. The zero-order valence-corrected chi connectivity index (χ0v) is 13.9. The lowest BCUT2D eigenvalue weighted by atomic mass is 10.4. The Kier molecular flexibility index (Phi) is 6.69.